The van der Waals surface area contributed by atoms with Crippen LogP contribution in [-0.2, 0) is 11.3 Å². The van der Waals surface area contributed by atoms with Crippen molar-refractivity contribution >= 4 is 5.78 Å². The second-order valence-corrected chi connectivity index (χ2v) is 3.46. The lowest BCUT2D eigenvalue weighted by Gasteiger charge is -2.05. The van der Waals surface area contributed by atoms with Crippen LogP contribution in [0.4, 0.5) is 0 Å². The normalized spacial score (nSPS) is 10.3. The Labute approximate surface area is 89.7 Å². The lowest BCUT2D eigenvalue weighted by Crippen LogP contribution is -1.98. The van der Waals surface area contributed by atoms with E-state index in [2.05, 4.69) is 0 Å². The molecule has 1 rings (SSSR count). The Morgan fingerprint density at radius 1 is 1.47 bits per heavy atom. The van der Waals surface area contributed by atoms with Crippen LogP contribution in [-0.4, -0.2) is 17.5 Å². The average Bonchev–Trinajstić information content (AvgIpc) is 2.20. The molecule has 3 nitrogen and oxygen atoms in total. The van der Waals surface area contributed by atoms with E-state index in [1.807, 2.05) is 6.92 Å². The minimum absolute atomic E-state index is 0.0294. The van der Waals surface area contributed by atoms with Gasteiger partial charge in [-0.25, -0.2) is 0 Å². The van der Waals surface area contributed by atoms with Crippen molar-refractivity contribution in [2.75, 3.05) is 6.61 Å². The van der Waals surface area contributed by atoms with Crippen LogP contribution in [0.5, 0.6) is 5.75 Å². The van der Waals surface area contributed by atoms with Gasteiger partial charge in [-0.2, -0.15) is 0 Å². The van der Waals surface area contributed by atoms with E-state index in [9.17, 15) is 9.90 Å². The van der Waals surface area contributed by atoms with Gasteiger partial charge in [-0.3, -0.25) is 4.79 Å². The highest BCUT2D eigenvalue weighted by Gasteiger charge is 2.06. The summed E-state index contributed by atoms with van der Waals surface area (Å²) in [6, 6.07) is 4.96. The fourth-order valence-corrected chi connectivity index (χ4v) is 1.29. The van der Waals surface area contributed by atoms with Crippen LogP contribution in [0.25, 0.3) is 0 Å². The molecule has 1 aromatic rings. The summed E-state index contributed by atoms with van der Waals surface area (Å²) < 4.78 is 5.35. The number of benzene rings is 1. The fourth-order valence-electron chi connectivity index (χ4n) is 1.29. The number of phenols is 1. The molecule has 0 amide bonds. The maximum absolute atomic E-state index is 11.1. The molecule has 0 aliphatic carbocycles. The average molecular weight is 208 g/mol. The van der Waals surface area contributed by atoms with Crippen molar-refractivity contribution in [3.8, 4) is 5.75 Å². The van der Waals surface area contributed by atoms with Gasteiger partial charge in [0.1, 0.15) is 5.75 Å². The molecule has 0 atom stereocenters. The summed E-state index contributed by atoms with van der Waals surface area (Å²) in [7, 11) is 0. The summed E-state index contributed by atoms with van der Waals surface area (Å²) in [6.07, 6.45) is 0.970. The highest BCUT2D eigenvalue weighted by Crippen LogP contribution is 2.19. The topological polar surface area (TPSA) is 46.5 Å². The fraction of sp³-hybridized carbons (Fsp3) is 0.417. The predicted octanol–water partition coefficient (Wildman–Crippen LogP) is 2.52. The molecule has 0 saturated carbocycles. The van der Waals surface area contributed by atoms with Gasteiger partial charge >= 0.3 is 0 Å². The molecule has 0 aromatic heterocycles. The third-order valence-corrected chi connectivity index (χ3v) is 2.06. The van der Waals surface area contributed by atoms with Crippen molar-refractivity contribution in [2.24, 2.45) is 0 Å². The van der Waals surface area contributed by atoms with Gasteiger partial charge in [0, 0.05) is 6.61 Å². The third-order valence-electron chi connectivity index (χ3n) is 2.06. The van der Waals surface area contributed by atoms with Gasteiger partial charge in [-0.05, 0) is 31.0 Å². The van der Waals surface area contributed by atoms with Crippen LogP contribution in [0.1, 0.15) is 36.2 Å². The Morgan fingerprint density at radius 2 is 2.20 bits per heavy atom. The van der Waals surface area contributed by atoms with Gasteiger partial charge in [0.2, 0.25) is 0 Å². The second kappa shape index (κ2) is 5.51. The van der Waals surface area contributed by atoms with Gasteiger partial charge in [0.15, 0.2) is 5.78 Å². The number of ketones is 1. The Kier molecular flexibility index (Phi) is 4.31. The van der Waals surface area contributed by atoms with Crippen molar-refractivity contribution in [1.29, 1.82) is 0 Å². The number of hydrogen-bond acceptors (Lipinski definition) is 3. The zero-order valence-electron chi connectivity index (χ0n) is 9.12. The van der Waals surface area contributed by atoms with E-state index in [0.29, 0.717) is 18.8 Å². The minimum Gasteiger partial charge on any atom is -0.507 e. The summed E-state index contributed by atoms with van der Waals surface area (Å²) in [5.74, 6) is -0.105. The Hall–Kier alpha value is -1.35. The minimum atomic E-state index is -0.134. The number of ether oxygens (including phenoxy) is 1. The molecule has 0 unspecified atom stereocenters. The van der Waals surface area contributed by atoms with Crippen molar-refractivity contribution in [2.45, 2.75) is 26.9 Å². The van der Waals surface area contributed by atoms with Crippen molar-refractivity contribution in [3.05, 3.63) is 29.3 Å². The van der Waals surface area contributed by atoms with E-state index < -0.39 is 0 Å². The third kappa shape index (κ3) is 3.36. The van der Waals surface area contributed by atoms with Gasteiger partial charge in [-0.15, -0.1) is 0 Å². The van der Waals surface area contributed by atoms with Gasteiger partial charge in [-0.1, -0.05) is 13.0 Å². The van der Waals surface area contributed by atoms with Crippen LogP contribution >= 0.6 is 0 Å². The Balaban J connectivity index is 2.74. The number of hydrogen-bond donors (Lipinski definition) is 1. The molecule has 0 fully saturated rings. The summed E-state index contributed by atoms with van der Waals surface area (Å²) >= 11 is 0. The number of Topliss-reactive ketones (excluding diaryl/α,β-unsaturated/α-hetero) is 1. The second-order valence-electron chi connectivity index (χ2n) is 3.46. The first-order valence-electron chi connectivity index (χ1n) is 5.05. The first-order chi connectivity index (χ1) is 7.15. The lowest BCUT2D eigenvalue weighted by atomic mass is 10.1. The molecule has 0 aliphatic heterocycles. The number of phenolic OH excluding ortho intramolecular Hbond substituents is 1. The number of carbonyl (C=O) groups excluding carboxylic acids is 1. The molecule has 0 aliphatic rings. The number of carbonyl (C=O) groups is 1. The maximum Gasteiger partial charge on any atom is 0.163 e. The molecular weight excluding hydrogens is 192 g/mol. The van der Waals surface area contributed by atoms with E-state index in [1.54, 1.807) is 12.1 Å². The summed E-state index contributed by atoms with van der Waals surface area (Å²) in [6.45, 7) is 4.66. The van der Waals surface area contributed by atoms with Crippen molar-refractivity contribution in [1.82, 2.24) is 0 Å². The smallest absolute Gasteiger partial charge is 0.163 e. The van der Waals surface area contributed by atoms with E-state index in [4.69, 9.17) is 4.74 Å². The van der Waals surface area contributed by atoms with Gasteiger partial charge in [0.25, 0.3) is 0 Å². The van der Waals surface area contributed by atoms with Crippen molar-refractivity contribution < 1.29 is 14.6 Å². The predicted molar refractivity (Wildman–Crippen MR) is 58.1 cm³/mol. The lowest BCUT2D eigenvalue weighted by molar-refractivity contribution is 0.101. The first-order valence-corrected chi connectivity index (χ1v) is 5.05. The molecule has 0 spiro atoms. The van der Waals surface area contributed by atoms with Crippen LogP contribution in [0.2, 0.25) is 0 Å². The monoisotopic (exact) mass is 208 g/mol. The quantitative estimate of drug-likeness (QED) is 0.597. The standard InChI is InChI=1S/C12H16O3/c1-3-6-15-8-10-4-5-12(14)11(7-10)9(2)13/h4-5,7,14H,3,6,8H2,1-2H3. The van der Waals surface area contributed by atoms with Gasteiger partial charge < -0.3 is 9.84 Å². The molecule has 0 heterocycles. The van der Waals surface area contributed by atoms with Crippen LogP contribution in [0, 0.1) is 0 Å². The van der Waals surface area contributed by atoms with Crippen LogP contribution in [0.3, 0.4) is 0 Å². The zero-order chi connectivity index (χ0) is 11.3. The molecular formula is C12H16O3. The van der Waals surface area contributed by atoms with Crippen LogP contribution < -0.4 is 0 Å². The van der Waals surface area contributed by atoms with E-state index >= 15 is 0 Å². The highest BCUT2D eigenvalue weighted by atomic mass is 16.5. The molecule has 1 N–H and O–H groups in total. The molecule has 15 heavy (non-hydrogen) atoms. The largest absolute Gasteiger partial charge is 0.507 e. The van der Waals surface area contributed by atoms with E-state index in [0.717, 1.165) is 12.0 Å². The van der Waals surface area contributed by atoms with Crippen molar-refractivity contribution in [3.63, 3.8) is 0 Å². The van der Waals surface area contributed by atoms with E-state index in [-0.39, 0.29) is 11.5 Å². The Morgan fingerprint density at radius 3 is 2.80 bits per heavy atom. The number of rotatable bonds is 5. The van der Waals surface area contributed by atoms with Crippen LogP contribution in [0.15, 0.2) is 18.2 Å². The first kappa shape index (κ1) is 11.7. The molecule has 0 radical (unpaired) electrons. The molecule has 82 valence electrons. The Bertz CT molecular complexity index is 345. The molecule has 3 heteroatoms. The van der Waals surface area contributed by atoms with E-state index in [1.165, 1.54) is 13.0 Å². The molecule has 0 bridgehead atoms. The maximum atomic E-state index is 11.1. The summed E-state index contributed by atoms with van der Waals surface area (Å²) in [5.41, 5.74) is 1.26. The number of aromatic hydroxyl groups is 1. The molecule has 0 saturated heterocycles. The SMILES string of the molecule is CCCOCc1ccc(O)c(C(C)=O)c1. The zero-order valence-corrected chi connectivity index (χ0v) is 9.12. The summed E-state index contributed by atoms with van der Waals surface area (Å²) in [5, 5.41) is 9.42. The van der Waals surface area contributed by atoms with Gasteiger partial charge in [0.05, 0.1) is 12.2 Å². The summed E-state index contributed by atoms with van der Waals surface area (Å²) in [4.78, 5) is 11.1. The molecule has 1 aromatic carbocycles. The highest BCUT2D eigenvalue weighted by molar-refractivity contribution is 5.96.